The summed E-state index contributed by atoms with van der Waals surface area (Å²) >= 11 is 0. The Kier molecular flexibility index (Phi) is 15.6. The number of pyridine rings is 1. The van der Waals surface area contributed by atoms with Gasteiger partial charge in [0, 0.05) is 78.9 Å². The van der Waals surface area contributed by atoms with E-state index >= 15 is 0 Å². The number of anilines is 2. The number of hydrogen-bond donors (Lipinski definition) is 6. The number of ketones is 1. The third-order valence-corrected chi connectivity index (χ3v) is 13.0. The number of aryl methyl sites for hydroxylation is 1. The van der Waals surface area contributed by atoms with Crippen molar-refractivity contribution in [3.8, 4) is 23.0 Å². The number of nitrogens with one attached hydrogen (secondary N) is 1. The molecule has 1 amide bonds. The van der Waals surface area contributed by atoms with Crippen molar-refractivity contribution < 1.29 is 77.7 Å². The zero-order chi connectivity index (χ0) is 49.1. The van der Waals surface area contributed by atoms with Crippen molar-refractivity contribution >= 4 is 45.8 Å². The van der Waals surface area contributed by atoms with Crippen LogP contribution in [0, 0.1) is 30.6 Å². The maximum atomic E-state index is 14.6. The molecule has 5 heterocycles. The number of carbonyl (C=O) groups is 4. The molecular weight excluding hydrogens is 871 g/mol. The van der Waals surface area contributed by atoms with Crippen molar-refractivity contribution in [2.24, 2.45) is 30.7 Å². The van der Waals surface area contributed by atoms with Gasteiger partial charge in [0.1, 0.15) is 41.8 Å². The number of phenolic OH excluding ortho intramolecular Hbond substituents is 3. The van der Waals surface area contributed by atoms with Gasteiger partial charge in [0.05, 0.1) is 55.2 Å². The first kappa shape index (κ1) is 50.2. The normalized spacial score (nSPS) is 29.1. The number of morpholine rings is 1. The number of aliphatic hydroxyl groups excluding tert-OH is 2. The Bertz CT molecular complexity index is 2480. The summed E-state index contributed by atoms with van der Waals surface area (Å²) in [6.07, 6.45) is 6.32. The molecule has 3 aromatic rings. The summed E-state index contributed by atoms with van der Waals surface area (Å²) in [7, 11) is 3.20. The molecule has 6 N–H and O–H groups in total. The van der Waals surface area contributed by atoms with Crippen LogP contribution in [0.3, 0.4) is 0 Å². The number of carbonyl (C=O) groups excluding carboxylic acids is 4. The average molecular weight is 933 g/mol. The lowest BCUT2D eigenvalue weighted by atomic mass is 9.78. The molecule has 0 unspecified atom stereocenters. The number of fused-ring (bicyclic) bond motifs is 14. The highest BCUT2D eigenvalue weighted by molar-refractivity contribution is 6.23. The SMILES string of the molecule is CO[C@H]1/C=C/O[C@@]2(C)Oc3c(C)c(O)c4c(O)c(c(N5CCOCC5)c(O)c4c3C2=O)NC(=O)/C(C)=C\C=C\[C@H](C)[C@H](O)[C@@H](C)[C@@H](O)[C@@H](C)[C@H](OC(=O)COC(=O)Cc2ccc[n+](C)c2)[C@@H]1C. The molecule has 18 heteroatoms. The molecule has 362 valence electrons. The maximum absolute atomic E-state index is 14.6. The van der Waals surface area contributed by atoms with E-state index < -0.39 is 101 Å². The first-order valence-corrected chi connectivity index (χ1v) is 22.2. The molecule has 0 radical (unpaired) electrons. The van der Waals surface area contributed by atoms with E-state index in [0.29, 0.717) is 5.56 Å². The Hall–Kier alpha value is -6.21. The lowest BCUT2D eigenvalue weighted by Crippen LogP contribution is -2.47. The Labute approximate surface area is 389 Å². The summed E-state index contributed by atoms with van der Waals surface area (Å²) in [6.45, 7) is 11.3. The molecule has 4 aliphatic rings. The molecule has 0 saturated carbocycles. The van der Waals surface area contributed by atoms with E-state index in [0.717, 1.165) is 6.26 Å². The van der Waals surface area contributed by atoms with Crippen LogP contribution in [0.1, 0.15) is 63.0 Å². The lowest BCUT2D eigenvalue weighted by Gasteiger charge is -2.38. The fourth-order valence-electron chi connectivity index (χ4n) is 8.91. The molecule has 4 aliphatic heterocycles. The van der Waals surface area contributed by atoms with Crippen molar-refractivity contribution in [2.75, 3.05) is 50.2 Å². The van der Waals surface area contributed by atoms with Crippen molar-refractivity contribution in [1.82, 2.24) is 0 Å². The quantitative estimate of drug-likeness (QED) is 0.0843. The lowest BCUT2D eigenvalue weighted by molar-refractivity contribution is -0.671. The number of esters is 2. The highest BCUT2D eigenvalue weighted by atomic mass is 16.7. The fraction of sp³-hybridized carbons (Fsp3) is 0.490. The summed E-state index contributed by atoms with van der Waals surface area (Å²) in [6, 6.07) is 3.52. The van der Waals surface area contributed by atoms with E-state index in [9.17, 15) is 44.7 Å². The molecule has 9 atom stereocenters. The summed E-state index contributed by atoms with van der Waals surface area (Å²) in [5.41, 5.74) is 0.449. The van der Waals surface area contributed by atoms with Gasteiger partial charge in [-0.25, -0.2) is 9.36 Å². The largest absolute Gasteiger partial charge is 0.507 e. The zero-order valence-corrected chi connectivity index (χ0v) is 39.3. The predicted molar refractivity (Wildman–Crippen MR) is 243 cm³/mol. The summed E-state index contributed by atoms with van der Waals surface area (Å²) in [4.78, 5) is 56.2. The molecule has 5 bridgehead atoms. The second-order valence-electron chi connectivity index (χ2n) is 17.7. The first-order valence-electron chi connectivity index (χ1n) is 22.2. The number of aromatic nitrogens is 1. The van der Waals surface area contributed by atoms with Gasteiger partial charge in [-0.15, -0.1) is 0 Å². The van der Waals surface area contributed by atoms with Crippen molar-refractivity contribution in [3.63, 3.8) is 0 Å². The first-order chi connectivity index (χ1) is 31.7. The molecule has 1 fully saturated rings. The topological polar surface area (TPSA) is 244 Å². The standard InChI is InChI=1S/C49H61N3O15/c1-25-12-10-13-26(2)48(61)50-38-39(52-17-20-63-21-18-52)44(59)35-36(43(38)58)42(57)30(6)46-37(35)47(60)49(7,67-46)65-19-15-32(62-9)27(3)45(29(5)41(56)28(4)40(25)55)66-34(54)24-64-33(53)22-31-14-11-16-51(8)23-31/h10-16,19,23,25,27-29,32,40-41,45,55-56H,17-18,20-22,24H2,1-9H3,(H3-,50,57,58,59,60,61)/p+1/b12-10+,19-15+,26-13-/t25-,27+,28+,29+,32-,40-,41+,45+,49-/m0/s1. The predicted octanol–water partition coefficient (Wildman–Crippen LogP) is 4.18. The number of aromatic hydroxyl groups is 3. The highest BCUT2D eigenvalue weighted by Gasteiger charge is 2.50. The van der Waals surface area contributed by atoms with Crippen LogP contribution in [-0.4, -0.2) is 119 Å². The van der Waals surface area contributed by atoms with Gasteiger partial charge in [0.25, 0.3) is 11.7 Å². The van der Waals surface area contributed by atoms with Crippen LogP contribution in [0.2, 0.25) is 0 Å². The maximum Gasteiger partial charge on any atom is 0.344 e. The molecule has 18 nitrogen and oxygen atoms in total. The van der Waals surface area contributed by atoms with Crippen LogP contribution < -0.4 is 19.5 Å². The zero-order valence-electron chi connectivity index (χ0n) is 39.3. The summed E-state index contributed by atoms with van der Waals surface area (Å²) < 4.78 is 36.6. The minimum absolute atomic E-state index is 0.0163. The molecule has 0 spiro atoms. The van der Waals surface area contributed by atoms with Crippen molar-refractivity contribution in [2.45, 2.75) is 85.1 Å². The van der Waals surface area contributed by atoms with Gasteiger partial charge in [0.15, 0.2) is 24.8 Å². The van der Waals surface area contributed by atoms with Crippen molar-refractivity contribution in [1.29, 1.82) is 0 Å². The van der Waals surface area contributed by atoms with Gasteiger partial charge in [-0.2, -0.15) is 0 Å². The minimum Gasteiger partial charge on any atom is -0.507 e. The number of Topliss-reactive ketones (excluding diaryl/α,β-unsaturated/α-hetero) is 1. The molecule has 1 aromatic heterocycles. The number of rotatable bonds is 7. The molecule has 7 rings (SSSR count). The molecule has 0 aliphatic carbocycles. The van der Waals surface area contributed by atoms with Gasteiger partial charge >= 0.3 is 17.7 Å². The van der Waals surface area contributed by atoms with Crippen LogP contribution >= 0.6 is 0 Å². The number of benzene rings is 2. The summed E-state index contributed by atoms with van der Waals surface area (Å²) in [5, 5.41) is 61.3. The number of phenols is 3. The van der Waals surface area contributed by atoms with Crippen LogP contribution in [0.4, 0.5) is 11.4 Å². The van der Waals surface area contributed by atoms with Crippen LogP contribution in [-0.2, 0) is 51.5 Å². The Morgan fingerprint density at radius 1 is 0.940 bits per heavy atom. The molecular formula is C49H62N3O15+. The third kappa shape index (κ3) is 10.4. The Morgan fingerprint density at radius 2 is 1.64 bits per heavy atom. The molecule has 67 heavy (non-hydrogen) atoms. The third-order valence-electron chi connectivity index (χ3n) is 13.0. The van der Waals surface area contributed by atoms with Gasteiger partial charge in [-0.05, 0) is 26.0 Å². The van der Waals surface area contributed by atoms with E-state index in [1.165, 1.54) is 40.0 Å². The van der Waals surface area contributed by atoms with E-state index in [2.05, 4.69) is 5.32 Å². The Morgan fingerprint density at radius 3 is 2.31 bits per heavy atom. The number of amides is 1. The van der Waals surface area contributed by atoms with E-state index in [-0.39, 0.29) is 77.3 Å². The fourth-order valence-corrected chi connectivity index (χ4v) is 8.91. The van der Waals surface area contributed by atoms with Crippen LogP contribution in [0.15, 0.2) is 60.7 Å². The average Bonchev–Trinajstić information content (AvgIpc) is 3.56. The highest BCUT2D eigenvalue weighted by Crippen LogP contribution is 2.57. The van der Waals surface area contributed by atoms with Gasteiger partial charge in [-0.1, -0.05) is 45.9 Å². The van der Waals surface area contributed by atoms with Gasteiger partial charge in [0.2, 0.25) is 0 Å². The minimum atomic E-state index is -2.10. The number of methoxy groups -OCH3 is 1. The van der Waals surface area contributed by atoms with E-state index in [1.54, 1.807) is 80.9 Å². The monoisotopic (exact) mass is 932 g/mol. The summed E-state index contributed by atoms with van der Waals surface area (Å²) in [5.74, 6) is -9.87. The number of nitrogens with zero attached hydrogens (tertiary/aromatic N) is 2. The number of ether oxygens (including phenoxy) is 6. The number of allylic oxidation sites excluding steroid dienone is 2. The van der Waals surface area contributed by atoms with Gasteiger partial charge < -0.3 is 64.2 Å². The van der Waals surface area contributed by atoms with Crippen LogP contribution in [0.25, 0.3) is 10.8 Å². The Balaban J connectivity index is 1.41. The van der Waals surface area contributed by atoms with Crippen LogP contribution in [0.5, 0.6) is 23.0 Å². The smallest absolute Gasteiger partial charge is 0.344 e. The second kappa shape index (κ2) is 20.8. The van der Waals surface area contributed by atoms with Crippen molar-refractivity contribution in [3.05, 3.63) is 77.4 Å². The van der Waals surface area contributed by atoms with Gasteiger partial charge in [-0.3, -0.25) is 14.4 Å². The van der Waals surface area contributed by atoms with E-state index in [4.69, 9.17) is 28.4 Å². The molecule has 2 aromatic carbocycles. The molecule has 1 saturated heterocycles. The van der Waals surface area contributed by atoms with E-state index in [1.807, 2.05) is 0 Å². The second-order valence-corrected chi connectivity index (χ2v) is 17.7. The number of hydrogen-bond acceptors (Lipinski definition) is 16. The number of aliphatic hydroxyl groups is 2.